The Labute approximate surface area is 89.9 Å². The number of benzene rings is 1. The lowest BCUT2D eigenvalue weighted by Crippen LogP contribution is -2.08. The predicted molar refractivity (Wildman–Crippen MR) is 51.2 cm³/mol. The molecule has 1 rings (SSSR count). The van der Waals surface area contributed by atoms with Crippen LogP contribution in [0.4, 0.5) is 13.2 Å². The molecule has 0 saturated carbocycles. The predicted octanol–water partition coefficient (Wildman–Crippen LogP) is 3.87. The Morgan fingerprint density at radius 1 is 1.33 bits per heavy atom. The molecular weight excluding hydrogens is 229 g/mol. The third-order valence-corrected chi connectivity index (χ3v) is 2.46. The molecule has 0 bridgehead atoms. The first-order chi connectivity index (χ1) is 6.73. The molecular formula is C10H8ClF3O. The smallest absolute Gasteiger partial charge is 0.294 e. The van der Waals surface area contributed by atoms with Gasteiger partial charge in [0, 0.05) is 5.56 Å². The van der Waals surface area contributed by atoms with Crippen LogP contribution in [-0.4, -0.2) is 5.78 Å². The summed E-state index contributed by atoms with van der Waals surface area (Å²) in [5.74, 6) is -0.478. The van der Waals surface area contributed by atoms with Crippen molar-refractivity contribution in [2.75, 3.05) is 0 Å². The number of hydrogen-bond donors (Lipinski definition) is 0. The molecule has 0 atom stereocenters. The standard InChI is InChI=1S/C10H8ClF3O/c1-5-3-7(10(12,13)14)4-8(6(2)15)9(5)11/h3-4H,1-2H3. The van der Waals surface area contributed by atoms with Gasteiger partial charge in [-0.3, -0.25) is 4.79 Å². The van der Waals surface area contributed by atoms with Crippen molar-refractivity contribution in [2.24, 2.45) is 0 Å². The molecule has 1 nitrogen and oxygen atoms in total. The van der Waals surface area contributed by atoms with E-state index in [1.807, 2.05) is 0 Å². The quantitative estimate of drug-likeness (QED) is 0.677. The number of Topliss-reactive ketones (excluding diaryl/α,β-unsaturated/α-hetero) is 1. The molecule has 0 heterocycles. The largest absolute Gasteiger partial charge is 0.416 e. The number of rotatable bonds is 1. The second kappa shape index (κ2) is 3.85. The van der Waals surface area contributed by atoms with Gasteiger partial charge < -0.3 is 0 Å². The zero-order valence-electron chi connectivity index (χ0n) is 8.07. The van der Waals surface area contributed by atoms with Crippen LogP contribution in [0.5, 0.6) is 0 Å². The lowest BCUT2D eigenvalue weighted by molar-refractivity contribution is -0.137. The van der Waals surface area contributed by atoms with Gasteiger partial charge >= 0.3 is 6.18 Å². The van der Waals surface area contributed by atoms with E-state index < -0.39 is 17.5 Å². The molecule has 1 aromatic carbocycles. The number of ketones is 1. The van der Waals surface area contributed by atoms with E-state index in [2.05, 4.69) is 0 Å². The fourth-order valence-electron chi connectivity index (χ4n) is 1.19. The Morgan fingerprint density at radius 2 is 1.87 bits per heavy atom. The minimum Gasteiger partial charge on any atom is -0.294 e. The summed E-state index contributed by atoms with van der Waals surface area (Å²) >= 11 is 5.72. The molecule has 0 unspecified atom stereocenters. The molecule has 15 heavy (non-hydrogen) atoms. The Hall–Kier alpha value is -1.03. The lowest BCUT2D eigenvalue weighted by Gasteiger charge is -2.11. The number of hydrogen-bond acceptors (Lipinski definition) is 1. The highest BCUT2D eigenvalue weighted by molar-refractivity contribution is 6.34. The summed E-state index contributed by atoms with van der Waals surface area (Å²) in [5, 5.41) is 0.0792. The molecule has 0 N–H and O–H groups in total. The van der Waals surface area contributed by atoms with Crippen molar-refractivity contribution in [3.8, 4) is 0 Å². The first kappa shape index (κ1) is 12.0. The number of carbonyl (C=O) groups is 1. The van der Waals surface area contributed by atoms with Crippen LogP contribution in [0.15, 0.2) is 12.1 Å². The minimum absolute atomic E-state index is 0.0792. The van der Waals surface area contributed by atoms with Crippen LogP contribution in [0.1, 0.15) is 28.4 Å². The summed E-state index contributed by atoms with van der Waals surface area (Å²) in [6.45, 7) is 2.62. The Bertz CT molecular complexity index is 410. The van der Waals surface area contributed by atoms with Crippen LogP contribution in [0.25, 0.3) is 0 Å². The number of carbonyl (C=O) groups excluding carboxylic acids is 1. The average Bonchev–Trinajstić information content (AvgIpc) is 2.06. The van der Waals surface area contributed by atoms with Crippen LogP contribution < -0.4 is 0 Å². The van der Waals surface area contributed by atoms with Gasteiger partial charge in [0.1, 0.15) is 0 Å². The highest BCUT2D eigenvalue weighted by atomic mass is 35.5. The number of alkyl halides is 3. The molecule has 0 saturated heterocycles. The lowest BCUT2D eigenvalue weighted by atomic mass is 10.0. The Morgan fingerprint density at radius 3 is 2.27 bits per heavy atom. The van der Waals surface area contributed by atoms with Crippen molar-refractivity contribution >= 4 is 17.4 Å². The normalized spacial score (nSPS) is 11.6. The maximum absolute atomic E-state index is 12.4. The van der Waals surface area contributed by atoms with Crippen LogP contribution in [0, 0.1) is 6.92 Å². The SMILES string of the molecule is CC(=O)c1cc(C(F)(F)F)cc(C)c1Cl. The van der Waals surface area contributed by atoms with Gasteiger partial charge in [-0.15, -0.1) is 0 Å². The zero-order valence-corrected chi connectivity index (χ0v) is 8.83. The van der Waals surface area contributed by atoms with Crippen LogP contribution in [0.3, 0.4) is 0 Å². The summed E-state index contributed by atoms with van der Waals surface area (Å²) < 4.78 is 37.2. The molecule has 0 radical (unpaired) electrons. The van der Waals surface area contributed by atoms with Crippen molar-refractivity contribution in [2.45, 2.75) is 20.0 Å². The van der Waals surface area contributed by atoms with Crippen LogP contribution >= 0.6 is 11.6 Å². The third-order valence-electron chi connectivity index (χ3n) is 1.96. The van der Waals surface area contributed by atoms with Gasteiger partial charge in [-0.1, -0.05) is 11.6 Å². The van der Waals surface area contributed by atoms with Crippen molar-refractivity contribution in [3.63, 3.8) is 0 Å². The first-order valence-corrected chi connectivity index (χ1v) is 4.49. The average molecular weight is 237 g/mol. The highest BCUT2D eigenvalue weighted by Gasteiger charge is 2.32. The highest BCUT2D eigenvalue weighted by Crippen LogP contribution is 2.33. The fourth-order valence-corrected chi connectivity index (χ4v) is 1.43. The summed E-state index contributed by atoms with van der Waals surface area (Å²) in [4.78, 5) is 11.0. The molecule has 5 heteroatoms. The maximum atomic E-state index is 12.4. The minimum atomic E-state index is -4.46. The summed E-state index contributed by atoms with van der Waals surface area (Å²) in [6.07, 6.45) is -4.46. The monoisotopic (exact) mass is 236 g/mol. The zero-order chi connectivity index (χ0) is 11.8. The molecule has 0 aliphatic heterocycles. The van der Waals surface area contributed by atoms with Crippen LogP contribution in [-0.2, 0) is 6.18 Å². The molecule has 0 spiro atoms. The van der Waals surface area contributed by atoms with E-state index in [0.29, 0.717) is 0 Å². The fraction of sp³-hybridized carbons (Fsp3) is 0.300. The molecule has 0 aliphatic carbocycles. The first-order valence-electron chi connectivity index (χ1n) is 4.11. The summed E-state index contributed by atoms with van der Waals surface area (Å²) in [7, 11) is 0. The van der Waals surface area contributed by atoms with E-state index in [0.717, 1.165) is 12.1 Å². The Kier molecular flexibility index (Phi) is 3.09. The van der Waals surface area contributed by atoms with Gasteiger partial charge in [0.15, 0.2) is 5.78 Å². The van der Waals surface area contributed by atoms with Gasteiger partial charge in [-0.05, 0) is 31.5 Å². The van der Waals surface area contributed by atoms with Gasteiger partial charge in [-0.2, -0.15) is 13.2 Å². The van der Waals surface area contributed by atoms with Crippen molar-refractivity contribution in [1.29, 1.82) is 0 Å². The van der Waals surface area contributed by atoms with Gasteiger partial charge in [0.05, 0.1) is 10.6 Å². The number of aryl methyl sites for hydroxylation is 1. The van der Waals surface area contributed by atoms with E-state index in [-0.39, 0.29) is 16.1 Å². The topological polar surface area (TPSA) is 17.1 Å². The van der Waals surface area contributed by atoms with Gasteiger partial charge in [0.25, 0.3) is 0 Å². The van der Waals surface area contributed by atoms with Gasteiger partial charge in [-0.25, -0.2) is 0 Å². The molecule has 82 valence electrons. The molecule has 0 aliphatic rings. The van der Waals surface area contributed by atoms with Crippen molar-refractivity contribution in [1.82, 2.24) is 0 Å². The number of halogens is 4. The summed E-state index contributed by atoms with van der Waals surface area (Å²) in [6, 6.07) is 1.70. The van der Waals surface area contributed by atoms with Gasteiger partial charge in [0.2, 0.25) is 0 Å². The molecule has 1 aromatic rings. The van der Waals surface area contributed by atoms with Crippen molar-refractivity contribution < 1.29 is 18.0 Å². The maximum Gasteiger partial charge on any atom is 0.416 e. The summed E-state index contributed by atoms with van der Waals surface area (Å²) in [5.41, 5.74) is -0.699. The van der Waals surface area contributed by atoms with E-state index >= 15 is 0 Å². The molecule has 0 amide bonds. The second-order valence-electron chi connectivity index (χ2n) is 3.21. The van der Waals surface area contributed by atoms with E-state index in [9.17, 15) is 18.0 Å². The molecule has 0 fully saturated rings. The van der Waals surface area contributed by atoms with E-state index in [1.54, 1.807) is 0 Å². The second-order valence-corrected chi connectivity index (χ2v) is 3.59. The Balaban J connectivity index is 3.43. The van der Waals surface area contributed by atoms with Crippen molar-refractivity contribution in [3.05, 3.63) is 33.8 Å². The molecule has 0 aromatic heterocycles. The van der Waals surface area contributed by atoms with E-state index in [4.69, 9.17) is 11.6 Å². The van der Waals surface area contributed by atoms with E-state index in [1.165, 1.54) is 13.8 Å². The van der Waals surface area contributed by atoms with Crippen LogP contribution in [0.2, 0.25) is 5.02 Å². The third kappa shape index (κ3) is 2.50.